The van der Waals surface area contributed by atoms with Gasteiger partial charge in [-0.25, -0.2) is 4.39 Å². The fourth-order valence-electron chi connectivity index (χ4n) is 3.13. The minimum Gasteiger partial charge on any atom is -0.465 e. The highest BCUT2D eigenvalue weighted by Crippen LogP contribution is 2.23. The maximum absolute atomic E-state index is 13.0. The molecular formula is C21H24FN3O3. The first-order chi connectivity index (χ1) is 13.6. The molecule has 2 aromatic rings. The van der Waals surface area contributed by atoms with Crippen molar-refractivity contribution >= 4 is 23.6 Å². The number of benzene rings is 1. The van der Waals surface area contributed by atoms with Crippen LogP contribution in [-0.4, -0.2) is 38.0 Å². The Morgan fingerprint density at radius 3 is 2.79 bits per heavy atom. The van der Waals surface area contributed by atoms with Gasteiger partial charge in [-0.2, -0.15) is 0 Å². The van der Waals surface area contributed by atoms with Crippen LogP contribution in [0.1, 0.15) is 18.6 Å². The van der Waals surface area contributed by atoms with E-state index in [-0.39, 0.29) is 30.6 Å². The van der Waals surface area contributed by atoms with Crippen LogP contribution in [0.2, 0.25) is 0 Å². The van der Waals surface area contributed by atoms with Crippen LogP contribution in [0.15, 0.2) is 53.2 Å². The zero-order valence-electron chi connectivity index (χ0n) is 15.6. The highest BCUT2D eigenvalue weighted by Gasteiger charge is 2.23. The van der Waals surface area contributed by atoms with Gasteiger partial charge in [-0.3, -0.25) is 9.59 Å². The number of furan rings is 1. The molecule has 0 saturated carbocycles. The third-order valence-corrected chi connectivity index (χ3v) is 4.66. The van der Waals surface area contributed by atoms with Crippen LogP contribution in [0.3, 0.4) is 0 Å². The maximum atomic E-state index is 13.0. The summed E-state index contributed by atoms with van der Waals surface area (Å²) in [5.41, 5.74) is 1.00. The van der Waals surface area contributed by atoms with Gasteiger partial charge in [0.05, 0.1) is 6.26 Å². The Hall–Kier alpha value is -3.09. The minimum atomic E-state index is -0.269. The number of amides is 2. The molecule has 0 spiro atoms. The Morgan fingerprint density at radius 2 is 2.04 bits per heavy atom. The van der Waals surface area contributed by atoms with Crippen LogP contribution in [0.4, 0.5) is 10.1 Å². The van der Waals surface area contributed by atoms with Crippen molar-refractivity contribution in [1.29, 1.82) is 0 Å². The molecule has 1 atom stereocenters. The molecule has 0 bridgehead atoms. The van der Waals surface area contributed by atoms with E-state index in [2.05, 4.69) is 15.5 Å². The second-order valence-corrected chi connectivity index (χ2v) is 6.77. The quantitative estimate of drug-likeness (QED) is 0.685. The number of carbonyl (C=O) groups is 2. The molecule has 2 amide bonds. The number of halogens is 1. The van der Waals surface area contributed by atoms with E-state index < -0.39 is 0 Å². The second kappa shape index (κ2) is 9.73. The van der Waals surface area contributed by atoms with Crippen molar-refractivity contribution in [1.82, 2.24) is 10.6 Å². The van der Waals surface area contributed by atoms with Gasteiger partial charge in [0.15, 0.2) is 0 Å². The lowest BCUT2D eigenvalue weighted by molar-refractivity contribution is -0.121. The van der Waals surface area contributed by atoms with Crippen LogP contribution in [0.25, 0.3) is 6.08 Å². The predicted molar refractivity (Wildman–Crippen MR) is 105 cm³/mol. The van der Waals surface area contributed by atoms with E-state index in [1.54, 1.807) is 30.3 Å². The number of hydrogen-bond donors (Lipinski definition) is 2. The van der Waals surface area contributed by atoms with E-state index >= 15 is 0 Å². The van der Waals surface area contributed by atoms with Gasteiger partial charge < -0.3 is 20.0 Å². The molecule has 3 rings (SSSR count). The summed E-state index contributed by atoms with van der Waals surface area (Å²) in [5, 5.41) is 5.59. The largest absolute Gasteiger partial charge is 0.465 e. The van der Waals surface area contributed by atoms with Crippen molar-refractivity contribution < 1.29 is 18.4 Å². The van der Waals surface area contributed by atoms with E-state index in [4.69, 9.17) is 4.42 Å². The number of rotatable bonds is 8. The van der Waals surface area contributed by atoms with Gasteiger partial charge in [-0.1, -0.05) is 0 Å². The molecule has 1 aromatic heterocycles. The Bertz CT molecular complexity index is 803. The summed E-state index contributed by atoms with van der Waals surface area (Å²) < 4.78 is 18.1. The number of nitrogens with one attached hydrogen (secondary N) is 2. The lowest BCUT2D eigenvalue weighted by atomic mass is 10.1. The molecule has 28 heavy (non-hydrogen) atoms. The Morgan fingerprint density at radius 1 is 1.21 bits per heavy atom. The standard InChI is InChI=1S/C21H24FN3O3/c22-17-3-5-18(6-4-17)25-12-10-16(15-25)14-24-21(27)9-11-23-20(26)8-7-19-2-1-13-28-19/h1-8,13,16H,9-12,14-15H2,(H,23,26)(H,24,27)/b8-7+. The van der Waals surface area contributed by atoms with Gasteiger partial charge in [0.2, 0.25) is 11.8 Å². The molecule has 2 N–H and O–H groups in total. The first-order valence-corrected chi connectivity index (χ1v) is 9.37. The first kappa shape index (κ1) is 19.7. The minimum absolute atomic E-state index is 0.0875. The van der Waals surface area contributed by atoms with E-state index in [9.17, 15) is 14.0 Å². The zero-order valence-corrected chi connectivity index (χ0v) is 15.6. The molecule has 6 nitrogen and oxygen atoms in total. The average molecular weight is 385 g/mol. The highest BCUT2D eigenvalue weighted by atomic mass is 19.1. The molecule has 0 aliphatic carbocycles. The number of nitrogens with zero attached hydrogens (tertiary/aromatic N) is 1. The van der Waals surface area contributed by atoms with Crippen molar-refractivity contribution in [3.8, 4) is 0 Å². The first-order valence-electron chi connectivity index (χ1n) is 9.37. The van der Waals surface area contributed by atoms with Gasteiger partial charge in [-0.05, 0) is 54.8 Å². The lowest BCUT2D eigenvalue weighted by Gasteiger charge is -2.18. The molecule has 1 unspecified atom stereocenters. The van der Waals surface area contributed by atoms with E-state index in [0.29, 0.717) is 18.2 Å². The molecule has 148 valence electrons. The molecule has 0 radical (unpaired) electrons. The normalized spacial score (nSPS) is 16.5. The monoisotopic (exact) mass is 385 g/mol. The summed E-state index contributed by atoms with van der Waals surface area (Å²) >= 11 is 0. The maximum Gasteiger partial charge on any atom is 0.244 e. The zero-order chi connectivity index (χ0) is 19.8. The summed E-state index contributed by atoms with van der Waals surface area (Å²) in [7, 11) is 0. The third-order valence-electron chi connectivity index (χ3n) is 4.66. The SMILES string of the molecule is O=C(/C=C/c1ccco1)NCCC(=O)NCC1CCN(c2ccc(F)cc2)C1. The van der Waals surface area contributed by atoms with Crippen LogP contribution in [0, 0.1) is 11.7 Å². The molecular weight excluding hydrogens is 361 g/mol. The molecule has 7 heteroatoms. The average Bonchev–Trinajstić information content (AvgIpc) is 3.37. The van der Waals surface area contributed by atoms with Gasteiger partial charge in [-0.15, -0.1) is 0 Å². The van der Waals surface area contributed by atoms with E-state index in [1.807, 2.05) is 0 Å². The number of anilines is 1. The summed E-state index contributed by atoms with van der Waals surface area (Å²) in [6.07, 6.45) is 5.69. The van der Waals surface area contributed by atoms with E-state index in [1.165, 1.54) is 24.5 Å². The Labute approximate surface area is 163 Å². The summed E-state index contributed by atoms with van der Waals surface area (Å²) in [5.74, 6) is 0.361. The predicted octanol–water partition coefficient (Wildman–Crippen LogP) is 2.58. The van der Waals surface area contributed by atoms with Crippen LogP contribution < -0.4 is 15.5 Å². The number of carbonyl (C=O) groups excluding carboxylic acids is 2. The lowest BCUT2D eigenvalue weighted by Crippen LogP contribution is -2.33. The molecule has 1 aliphatic rings. The summed E-state index contributed by atoms with van der Waals surface area (Å²) in [6, 6.07) is 9.96. The van der Waals surface area contributed by atoms with Crippen molar-refractivity contribution in [2.45, 2.75) is 12.8 Å². The van der Waals surface area contributed by atoms with Crippen LogP contribution in [0.5, 0.6) is 0 Å². The van der Waals surface area contributed by atoms with Crippen molar-refractivity contribution in [2.75, 3.05) is 31.1 Å². The highest BCUT2D eigenvalue weighted by molar-refractivity contribution is 5.91. The smallest absolute Gasteiger partial charge is 0.244 e. The topological polar surface area (TPSA) is 74.6 Å². The van der Waals surface area contributed by atoms with Gasteiger partial charge >= 0.3 is 0 Å². The fraction of sp³-hybridized carbons (Fsp3) is 0.333. The third kappa shape index (κ3) is 5.97. The van der Waals surface area contributed by atoms with Crippen molar-refractivity contribution in [3.63, 3.8) is 0 Å². The molecule has 1 saturated heterocycles. The van der Waals surface area contributed by atoms with Gasteiger partial charge in [0.1, 0.15) is 11.6 Å². The molecule has 1 aliphatic heterocycles. The Balaban J connectivity index is 1.30. The second-order valence-electron chi connectivity index (χ2n) is 6.77. The van der Waals surface area contributed by atoms with Crippen molar-refractivity contribution in [3.05, 3.63) is 60.3 Å². The number of hydrogen-bond acceptors (Lipinski definition) is 4. The fourth-order valence-corrected chi connectivity index (χ4v) is 3.13. The van der Waals surface area contributed by atoms with E-state index in [0.717, 1.165) is 25.2 Å². The molecule has 1 aromatic carbocycles. The van der Waals surface area contributed by atoms with Crippen molar-refractivity contribution in [2.24, 2.45) is 5.92 Å². The van der Waals surface area contributed by atoms with Crippen LogP contribution >= 0.6 is 0 Å². The van der Waals surface area contributed by atoms with Gasteiger partial charge in [0.25, 0.3) is 0 Å². The summed E-state index contributed by atoms with van der Waals surface area (Å²) in [6.45, 7) is 2.60. The molecule has 2 heterocycles. The summed E-state index contributed by atoms with van der Waals surface area (Å²) in [4.78, 5) is 25.8. The molecule has 1 fully saturated rings. The van der Waals surface area contributed by atoms with Gasteiger partial charge in [0, 0.05) is 44.4 Å². The van der Waals surface area contributed by atoms with Crippen LogP contribution in [-0.2, 0) is 9.59 Å². The Kier molecular flexibility index (Phi) is 6.84.